The molecule has 1 amide bonds. The predicted molar refractivity (Wildman–Crippen MR) is 90.3 cm³/mol. The van der Waals surface area contributed by atoms with E-state index < -0.39 is 12.1 Å². The molecule has 2 aromatic rings. The van der Waals surface area contributed by atoms with Crippen LogP contribution in [0.5, 0.6) is 23.0 Å². The number of ether oxygens (including phenoxy) is 1. The zero-order chi connectivity index (χ0) is 18.4. The van der Waals surface area contributed by atoms with Crippen molar-refractivity contribution in [2.45, 2.75) is 31.4 Å². The number of phenolic OH excluding ortho intramolecular Hbond substituents is 3. The van der Waals surface area contributed by atoms with Gasteiger partial charge in [0, 0.05) is 12.5 Å². The lowest BCUT2D eigenvalue weighted by molar-refractivity contribution is -0.119. The van der Waals surface area contributed by atoms with Gasteiger partial charge in [0.1, 0.15) is 34.7 Å². The monoisotopic (exact) mass is 355 g/mol. The summed E-state index contributed by atoms with van der Waals surface area (Å²) in [7, 11) is 0. The van der Waals surface area contributed by atoms with Crippen LogP contribution in [0.3, 0.4) is 0 Å². The summed E-state index contributed by atoms with van der Waals surface area (Å²) in [5.41, 5.74) is 1.01. The lowest BCUT2D eigenvalue weighted by atomic mass is 9.91. The first-order chi connectivity index (χ1) is 12.4. The number of nitrogens with one attached hydrogen (secondary N) is 1. The minimum atomic E-state index is -0.618. The second-order valence-electron chi connectivity index (χ2n) is 6.52. The molecule has 2 atom stereocenters. The van der Waals surface area contributed by atoms with Gasteiger partial charge in [0.2, 0.25) is 5.91 Å². The van der Waals surface area contributed by atoms with Gasteiger partial charge in [-0.15, -0.1) is 0 Å². The van der Waals surface area contributed by atoms with Crippen molar-refractivity contribution in [2.75, 3.05) is 0 Å². The van der Waals surface area contributed by atoms with E-state index in [1.165, 1.54) is 12.1 Å². The molecular weight excluding hydrogens is 338 g/mol. The van der Waals surface area contributed by atoms with E-state index in [1.54, 1.807) is 12.1 Å². The summed E-state index contributed by atoms with van der Waals surface area (Å²) in [6.45, 7) is 0. The third kappa shape index (κ3) is 2.61. The maximum absolute atomic E-state index is 12.6. The lowest BCUT2D eigenvalue weighted by Gasteiger charge is -2.29. The van der Waals surface area contributed by atoms with E-state index in [-0.39, 0.29) is 46.7 Å². The third-order valence-corrected chi connectivity index (χ3v) is 4.80. The van der Waals surface area contributed by atoms with Crippen molar-refractivity contribution in [2.24, 2.45) is 0 Å². The summed E-state index contributed by atoms with van der Waals surface area (Å²) in [6.07, 6.45) is 0.180. The van der Waals surface area contributed by atoms with Crippen LogP contribution < -0.4 is 10.1 Å². The minimum Gasteiger partial charge on any atom is -0.508 e. The number of phenols is 3. The molecule has 134 valence electrons. The standard InChI is InChI=1S/C19H17NO6/c21-10-3-1-9(2-4-10)15-8-14(24)18-13(23)7-12(22)17(19(18)26-15)11-5-6-16(25)20-11/h1-4,7,11,15,21-23H,5-6,8H2,(H,20,25)/t11-,15+/m0/s1. The van der Waals surface area contributed by atoms with Crippen LogP contribution in [0.15, 0.2) is 30.3 Å². The molecule has 4 rings (SSSR count). The molecule has 0 radical (unpaired) electrons. The van der Waals surface area contributed by atoms with Crippen LogP contribution in [-0.2, 0) is 4.79 Å². The van der Waals surface area contributed by atoms with Crippen LogP contribution in [0.4, 0.5) is 0 Å². The number of hydrogen-bond acceptors (Lipinski definition) is 6. The third-order valence-electron chi connectivity index (χ3n) is 4.80. The number of amides is 1. The Balaban J connectivity index is 1.80. The van der Waals surface area contributed by atoms with Gasteiger partial charge in [-0.3, -0.25) is 9.59 Å². The Morgan fingerprint density at radius 3 is 2.42 bits per heavy atom. The lowest BCUT2D eigenvalue weighted by Crippen LogP contribution is -2.24. The molecule has 0 unspecified atom stereocenters. The van der Waals surface area contributed by atoms with Gasteiger partial charge >= 0.3 is 0 Å². The number of aromatic hydroxyl groups is 3. The molecule has 2 heterocycles. The molecule has 2 aromatic carbocycles. The molecular formula is C19H17NO6. The second-order valence-corrected chi connectivity index (χ2v) is 6.52. The molecule has 4 N–H and O–H groups in total. The fourth-order valence-corrected chi connectivity index (χ4v) is 3.54. The Bertz CT molecular complexity index is 905. The van der Waals surface area contributed by atoms with E-state index in [4.69, 9.17) is 4.74 Å². The molecule has 0 aromatic heterocycles. The zero-order valence-electron chi connectivity index (χ0n) is 13.7. The number of hydrogen-bond donors (Lipinski definition) is 4. The van der Waals surface area contributed by atoms with E-state index >= 15 is 0 Å². The smallest absolute Gasteiger partial charge is 0.220 e. The van der Waals surface area contributed by atoms with Gasteiger partial charge in [0.15, 0.2) is 5.78 Å². The van der Waals surface area contributed by atoms with Gasteiger partial charge in [-0.1, -0.05) is 12.1 Å². The van der Waals surface area contributed by atoms with Gasteiger partial charge in [-0.2, -0.15) is 0 Å². The highest BCUT2D eigenvalue weighted by Crippen LogP contribution is 2.48. The van der Waals surface area contributed by atoms with Gasteiger partial charge in [0.05, 0.1) is 18.0 Å². The predicted octanol–water partition coefficient (Wildman–Crippen LogP) is 2.46. The van der Waals surface area contributed by atoms with Gasteiger partial charge in [-0.05, 0) is 24.1 Å². The van der Waals surface area contributed by atoms with E-state index in [0.29, 0.717) is 24.0 Å². The number of carbonyl (C=O) groups is 2. The summed E-state index contributed by atoms with van der Waals surface area (Å²) in [4.78, 5) is 24.2. The maximum atomic E-state index is 12.6. The SMILES string of the molecule is O=C1CC[C@@H](c2c(O)cc(O)c3c2O[C@@H](c2ccc(O)cc2)CC3=O)N1. The van der Waals surface area contributed by atoms with Crippen molar-refractivity contribution in [1.82, 2.24) is 5.32 Å². The Hall–Kier alpha value is -3.22. The van der Waals surface area contributed by atoms with Gasteiger partial charge in [-0.25, -0.2) is 0 Å². The second kappa shape index (κ2) is 5.94. The molecule has 7 nitrogen and oxygen atoms in total. The van der Waals surface area contributed by atoms with Crippen LogP contribution in [-0.4, -0.2) is 27.0 Å². The fourth-order valence-electron chi connectivity index (χ4n) is 3.54. The number of benzene rings is 2. The Morgan fingerprint density at radius 1 is 1.04 bits per heavy atom. The highest BCUT2D eigenvalue weighted by atomic mass is 16.5. The quantitative estimate of drug-likeness (QED) is 0.658. The van der Waals surface area contributed by atoms with Crippen molar-refractivity contribution in [3.63, 3.8) is 0 Å². The molecule has 7 heteroatoms. The molecule has 2 aliphatic rings. The highest BCUT2D eigenvalue weighted by Gasteiger charge is 2.37. The average Bonchev–Trinajstić information content (AvgIpc) is 3.00. The summed E-state index contributed by atoms with van der Waals surface area (Å²) >= 11 is 0. The highest BCUT2D eigenvalue weighted by molar-refractivity contribution is 6.03. The van der Waals surface area contributed by atoms with Crippen LogP contribution in [0.1, 0.15) is 52.9 Å². The van der Waals surface area contributed by atoms with Crippen molar-refractivity contribution in [1.29, 1.82) is 0 Å². The van der Waals surface area contributed by atoms with Crippen LogP contribution >= 0.6 is 0 Å². The molecule has 0 spiro atoms. The molecule has 1 saturated heterocycles. The van der Waals surface area contributed by atoms with E-state index in [9.17, 15) is 24.9 Å². The topological polar surface area (TPSA) is 116 Å². The fraction of sp³-hybridized carbons (Fsp3) is 0.263. The minimum absolute atomic E-state index is 0.0204. The molecule has 0 aliphatic carbocycles. The molecule has 1 fully saturated rings. The van der Waals surface area contributed by atoms with Crippen molar-refractivity contribution < 1.29 is 29.6 Å². The van der Waals surface area contributed by atoms with Crippen molar-refractivity contribution in [3.05, 3.63) is 47.0 Å². The van der Waals surface area contributed by atoms with Crippen molar-refractivity contribution >= 4 is 11.7 Å². The summed E-state index contributed by atoms with van der Waals surface area (Å²) in [5, 5.41) is 32.7. The molecule has 0 saturated carbocycles. The maximum Gasteiger partial charge on any atom is 0.220 e. The largest absolute Gasteiger partial charge is 0.508 e. The van der Waals surface area contributed by atoms with Crippen LogP contribution in [0.25, 0.3) is 0 Å². The summed E-state index contributed by atoms with van der Waals surface area (Å²) in [6, 6.07) is 6.92. The van der Waals surface area contributed by atoms with Gasteiger partial charge in [0.25, 0.3) is 0 Å². The molecule has 26 heavy (non-hydrogen) atoms. The summed E-state index contributed by atoms with van der Waals surface area (Å²) in [5.74, 6) is -0.835. The first-order valence-corrected chi connectivity index (χ1v) is 8.31. The Kier molecular flexibility index (Phi) is 3.72. The number of ketones is 1. The van der Waals surface area contributed by atoms with E-state index in [2.05, 4.69) is 5.32 Å². The van der Waals surface area contributed by atoms with Crippen LogP contribution in [0, 0.1) is 0 Å². The number of rotatable bonds is 2. The number of carbonyl (C=O) groups excluding carboxylic acids is 2. The Morgan fingerprint density at radius 2 is 1.77 bits per heavy atom. The van der Waals surface area contributed by atoms with E-state index in [1.807, 2.05) is 0 Å². The molecule has 2 aliphatic heterocycles. The average molecular weight is 355 g/mol. The summed E-state index contributed by atoms with van der Waals surface area (Å²) < 4.78 is 5.99. The zero-order valence-corrected chi connectivity index (χ0v) is 13.7. The number of Topliss-reactive ketones (excluding diaryl/α,β-unsaturated/α-hetero) is 1. The number of fused-ring (bicyclic) bond motifs is 1. The first-order valence-electron chi connectivity index (χ1n) is 8.31. The Labute approximate surface area is 148 Å². The van der Waals surface area contributed by atoms with Crippen LogP contribution in [0.2, 0.25) is 0 Å². The van der Waals surface area contributed by atoms with Crippen molar-refractivity contribution in [3.8, 4) is 23.0 Å². The van der Waals surface area contributed by atoms with E-state index in [0.717, 1.165) is 6.07 Å². The normalized spacial score (nSPS) is 21.8. The van der Waals surface area contributed by atoms with Gasteiger partial charge < -0.3 is 25.4 Å². The first kappa shape index (κ1) is 16.3. The molecule has 0 bridgehead atoms.